The van der Waals surface area contributed by atoms with Crippen molar-refractivity contribution in [2.75, 3.05) is 11.9 Å². The van der Waals surface area contributed by atoms with Crippen LogP contribution in [0.2, 0.25) is 0 Å². The third kappa shape index (κ3) is 3.31. The lowest BCUT2D eigenvalue weighted by molar-refractivity contribution is 0.0693. The molecule has 0 aromatic heterocycles. The number of benzene rings is 3. The third-order valence-corrected chi connectivity index (χ3v) is 5.07. The molecule has 0 aliphatic heterocycles. The SMILES string of the molecule is N#Cc1cc(C(=O)O)c(O)cc1NC(=O)OCC1c2ccccc2-c2ccccc21. The predicted molar refractivity (Wildman–Crippen MR) is 108 cm³/mol. The summed E-state index contributed by atoms with van der Waals surface area (Å²) in [4.78, 5) is 23.4. The number of nitrogens with one attached hydrogen (secondary N) is 1. The minimum Gasteiger partial charge on any atom is -0.507 e. The van der Waals surface area contributed by atoms with Crippen LogP contribution in [0.25, 0.3) is 11.1 Å². The summed E-state index contributed by atoms with van der Waals surface area (Å²) in [6.07, 6.45) is -0.809. The molecule has 0 bridgehead atoms. The molecule has 3 aromatic rings. The van der Waals surface area contributed by atoms with Gasteiger partial charge < -0.3 is 14.9 Å². The van der Waals surface area contributed by atoms with Gasteiger partial charge in [-0.2, -0.15) is 5.26 Å². The number of rotatable bonds is 4. The summed E-state index contributed by atoms with van der Waals surface area (Å²) >= 11 is 0. The third-order valence-electron chi connectivity index (χ3n) is 5.07. The van der Waals surface area contributed by atoms with Gasteiger partial charge in [0.2, 0.25) is 0 Å². The number of ether oxygens (including phenoxy) is 1. The fraction of sp³-hybridized carbons (Fsp3) is 0.0870. The van der Waals surface area contributed by atoms with Crippen LogP contribution in [0.15, 0.2) is 60.7 Å². The zero-order valence-corrected chi connectivity index (χ0v) is 15.6. The van der Waals surface area contributed by atoms with E-state index in [1.807, 2.05) is 48.5 Å². The first-order valence-electron chi connectivity index (χ1n) is 9.12. The first-order chi connectivity index (χ1) is 14.5. The van der Waals surface area contributed by atoms with Gasteiger partial charge in [0.25, 0.3) is 0 Å². The summed E-state index contributed by atoms with van der Waals surface area (Å²) in [5, 5.41) is 30.5. The van der Waals surface area contributed by atoms with Gasteiger partial charge in [-0.1, -0.05) is 48.5 Å². The summed E-state index contributed by atoms with van der Waals surface area (Å²) in [5.74, 6) is -2.06. The van der Waals surface area contributed by atoms with E-state index in [1.54, 1.807) is 6.07 Å². The molecule has 3 aromatic carbocycles. The van der Waals surface area contributed by atoms with E-state index in [9.17, 15) is 20.0 Å². The molecule has 0 spiro atoms. The van der Waals surface area contributed by atoms with Crippen LogP contribution >= 0.6 is 0 Å². The zero-order valence-electron chi connectivity index (χ0n) is 15.6. The molecular weight excluding hydrogens is 384 g/mol. The Labute approximate surface area is 171 Å². The monoisotopic (exact) mass is 400 g/mol. The fourth-order valence-electron chi connectivity index (χ4n) is 3.70. The molecule has 148 valence electrons. The molecule has 0 atom stereocenters. The molecule has 7 heteroatoms. The van der Waals surface area contributed by atoms with Crippen molar-refractivity contribution in [2.45, 2.75) is 5.92 Å². The summed E-state index contributed by atoms with van der Waals surface area (Å²) in [7, 11) is 0. The maximum atomic E-state index is 12.4. The highest BCUT2D eigenvalue weighted by Gasteiger charge is 2.29. The van der Waals surface area contributed by atoms with Gasteiger partial charge >= 0.3 is 12.1 Å². The second-order valence-corrected chi connectivity index (χ2v) is 6.78. The number of aromatic carboxylic acids is 1. The van der Waals surface area contributed by atoms with Crippen LogP contribution in [-0.2, 0) is 4.74 Å². The summed E-state index contributed by atoms with van der Waals surface area (Å²) in [6.45, 7) is 0.0843. The largest absolute Gasteiger partial charge is 0.507 e. The molecule has 7 nitrogen and oxygen atoms in total. The molecule has 1 aliphatic rings. The Morgan fingerprint density at radius 3 is 2.20 bits per heavy atom. The van der Waals surface area contributed by atoms with Crippen LogP contribution in [0.3, 0.4) is 0 Å². The molecule has 3 N–H and O–H groups in total. The van der Waals surface area contributed by atoms with Crippen molar-refractivity contribution in [3.63, 3.8) is 0 Å². The quantitative estimate of drug-likeness (QED) is 0.600. The van der Waals surface area contributed by atoms with Crippen LogP contribution in [0.4, 0.5) is 10.5 Å². The highest BCUT2D eigenvalue weighted by molar-refractivity contribution is 5.94. The maximum Gasteiger partial charge on any atom is 0.411 e. The minimum atomic E-state index is -1.38. The Morgan fingerprint density at radius 2 is 1.63 bits per heavy atom. The second kappa shape index (κ2) is 7.60. The van der Waals surface area contributed by atoms with Crippen LogP contribution in [0.5, 0.6) is 5.75 Å². The molecule has 0 fully saturated rings. The maximum absolute atomic E-state index is 12.4. The van der Waals surface area contributed by atoms with E-state index in [2.05, 4.69) is 5.32 Å². The Bertz CT molecular complexity index is 1170. The van der Waals surface area contributed by atoms with E-state index in [-0.39, 0.29) is 23.8 Å². The van der Waals surface area contributed by atoms with Gasteiger partial charge in [-0.25, -0.2) is 9.59 Å². The number of carboxylic acid groups (broad SMARTS) is 1. The van der Waals surface area contributed by atoms with Gasteiger partial charge in [-0.3, -0.25) is 5.32 Å². The number of aromatic hydroxyl groups is 1. The number of anilines is 1. The van der Waals surface area contributed by atoms with Crippen LogP contribution in [-0.4, -0.2) is 28.9 Å². The first kappa shape index (κ1) is 19.0. The summed E-state index contributed by atoms with van der Waals surface area (Å²) < 4.78 is 5.40. The van der Waals surface area contributed by atoms with Crippen molar-refractivity contribution in [3.05, 3.63) is 82.9 Å². The van der Waals surface area contributed by atoms with Crippen LogP contribution < -0.4 is 5.32 Å². The lowest BCUT2D eigenvalue weighted by Crippen LogP contribution is -2.18. The summed E-state index contributed by atoms with van der Waals surface area (Å²) in [6, 6.07) is 19.7. The number of amides is 1. The van der Waals surface area contributed by atoms with Crippen LogP contribution in [0.1, 0.15) is 33.0 Å². The molecule has 0 radical (unpaired) electrons. The zero-order chi connectivity index (χ0) is 21.3. The number of phenols is 1. The van der Waals surface area contributed by atoms with Gasteiger partial charge in [0.05, 0.1) is 11.3 Å². The Hall–Kier alpha value is -4.31. The van der Waals surface area contributed by atoms with E-state index in [1.165, 1.54) is 0 Å². The average molecular weight is 400 g/mol. The lowest BCUT2D eigenvalue weighted by Gasteiger charge is -2.15. The van der Waals surface area contributed by atoms with E-state index < -0.39 is 23.4 Å². The number of nitriles is 1. The van der Waals surface area contributed by atoms with Gasteiger partial charge in [0.1, 0.15) is 24.0 Å². The number of carbonyl (C=O) groups is 2. The van der Waals surface area contributed by atoms with Crippen LogP contribution in [0, 0.1) is 11.3 Å². The van der Waals surface area contributed by atoms with Gasteiger partial charge in [-0.05, 0) is 28.3 Å². The number of carbonyl (C=O) groups excluding carboxylic acids is 1. The van der Waals surface area contributed by atoms with Gasteiger partial charge in [0.15, 0.2) is 0 Å². The summed E-state index contributed by atoms with van der Waals surface area (Å²) in [5.41, 5.74) is 3.77. The molecular formula is C23H16N2O5. The number of hydrogen-bond acceptors (Lipinski definition) is 5. The Morgan fingerprint density at radius 1 is 1.03 bits per heavy atom. The number of nitrogens with zero attached hydrogens (tertiary/aromatic N) is 1. The van der Waals surface area contributed by atoms with E-state index in [0.29, 0.717) is 0 Å². The minimum absolute atomic E-state index is 0.0303. The smallest absolute Gasteiger partial charge is 0.411 e. The molecule has 0 saturated heterocycles. The lowest BCUT2D eigenvalue weighted by atomic mass is 9.98. The predicted octanol–water partition coefficient (Wildman–Crippen LogP) is 4.32. The molecule has 0 unspecified atom stereocenters. The highest BCUT2D eigenvalue weighted by atomic mass is 16.5. The van der Waals surface area contributed by atoms with Crippen molar-refractivity contribution >= 4 is 17.7 Å². The first-order valence-corrected chi connectivity index (χ1v) is 9.12. The topological polar surface area (TPSA) is 120 Å². The van der Waals surface area contributed by atoms with Crippen molar-refractivity contribution in [2.24, 2.45) is 0 Å². The van der Waals surface area contributed by atoms with E-state index >= 15 is 0 Å². The molecule has 0 heterocycles. The molecule has 1 aliphatic carbocycles. The van der Waals surface area contributed by atoms with Gasteiger partial charge in [0, 0.05) is 12.0 Å². The number of fused-ring (bicyclic) bond motifs is 3. The van der Waals surface area contributed by atoms with Crippen molar-refractivity contribution < 1.29 is 24.5 Å². The molecule has 0 saturated carbocycles. The molecule has 30 heavy (non-hydrogen) atoms. The van der Waals surface area contributed by atoms with Crippen molar-refractivity contribution in [3.8, 4) is 22.9 Å². The van der Waals surface area contributed by atoms with Crippen molar-refractivity contribution in [1.82, 2.24) is 0 Å². The number of hydrogen-bond donors (Lipinski definition) is 3. The Kier molecular flexibility index (Phi) is 4.82. The standard InChI is InChI=1S/C23H16N2O5/c24-11-13-9-18(22(27)28)21(26)10-20(13)25-23(29)30-12-19-16-7-3-1-5-14(16)15-6-2-4-8-17(15)19/h1-10,19,26H,12H2,(H,25,29)(H,27,28). The Balaban J connectivity index is 1.52. The molecule has 1 amide bonds. The van der Waals surface area contributed by atoms with E-state index in [4.69, 9.17) is 9.84 Å². The normalized spacial score (nSPS) is 11.8. The fourth-order valence-corrected chi connectivity index (χ4v) is 3.70. The van der Waals surface area contributed by atoms with Gasteiger partial charge in [-0.15, -0.1) is 0 Å². The van der Waals surface area contributed by atoms with E-state index in [0.717, 1.165) is 34.4 Å². The highest BCUT2D eigenvalue weighted by Crippen LogP contribution is 2.44. The number of carboxylic acids is 1. The second-order valence-electron chi connectivity index (χ2n) is 6.78. The molecule has 4 rings (SSSR count). The average Bonchev–Trinajstić information content (AvgIpc) is 3.06. The van der Waals surface area contributed by atoms with Crippen molar-refractivity contribution in [1.29, 1.82) is 5.26 Å².